The van der Waals surface area contributed by atoms with Gasteiger partial charge in [0.15, 0.2) is 23.0 Å². The molecule has 0 fully saturated rings. The lowest BCUT2D eigenvalue weighted by molar-refractivity contribution is 0.355. The number of thioether (sulfide) groups is 1. The molecule has 33 heavy (non-hydrogen) atoms. The van der Waals surface area contributed by atoms with E-state index >= 15 is 0 Å². The Kier molecular flexibility index (Phi) is 6.44. The molecule has 4 rings (SSSR count). The molecule has 0 radical (unpaired) electrons. The molecule has 0 aliphatic heterocycles. The van der Waals surface area contributed by atoms with Crippen LogP contribution in [-0.2, 0) is 19.8 Å². The molecule has 4 aromatic rings. The van der Waals surface area contributed by atoms with Gasteiger partial charge in [-0.1, -0.05) is 23.7 Å². The first-order valence-corrected chi connectivity index (χ1v) is 11.3. The second-order valence-electron chi connectivity index (χ2n) is 7.25. The maximum atomic E-state index is 13.0. The van der Waals surface area contributed by atoms with Gasteiger partial charge in [0, 0.05) is 30.4 Å². The van der Waals surface area contributed by atoms with E-state index in [2.05, 4.69) is 4.98 Å². The molecule has 2 aromatic heterocycles. The third kappa shape index (κ3) is 4.34. The van der Waals surface area contributed by atoms with E-state index in [1.54, 1.807) is 45.5 Å². The Hall–Kier alpha value is -3.30. The van der Waals surface area contributed by atoms with Crippen molar-refractivity contribution < 1.29 is 9.47 Å². The lowest BCUT2D eigenvalue weighted by atomic mass is 10.2. The molecule has 0 atom stereocenters. The standard InChI is InChI=1S/C23H21ClN4O4S/c1-27-20-18(22(29)28(2)23(27)30)21(33-12-13-6-5-7-15(24)10-13)26-19(25-20)14-8-9-16(31-3)17(11-14)32-4/h5-11H,12H2,1-4H3. The first kappa shape index (κ1) is 22.9. The van der Waals surface area contributed by atoms with Crippen molar-refractivity contribution in [1.29, 1.82) is 0 Å². The maximum absolute atomic E-state index is 13.0. The molecule has 0 spiro atoms. The highest BCUT2D eigenvalue weighted by Gasteiger charge is 2.19. The van der Waals surface area contributed by atoms with E-state index in [0.717, 1.165) is 10.1 Å². The quantitative estimate of drug-likeness (QED) is 0.305. The smallest absolute Gasteiger partial charge is 0.332 e. The van der Waals surface area contributed by atoms with Crippen LogP contribution in [0.15, 0.2) is 57.1 Å². The number of halogens is 1. The van der Waals surface area contributed by atoms with Crippen molar-refractivity contribution in [3.8, 4) is 22.9 Å². The van der Waals surface area contributed by atoms with Gasteiger partial charge in [0.05, 0.1) is 14.2 Å². The highest BCUT2D eigenvalue weighted by molar-refractivity contribution is 7.98. The Labute approximate surface area is 198 Å². The average molecular weight is 485 g/mol. The van der Waals surface area contributed by atoms with E-state index in [9.17, 15) is 9.59 Å². The van der Waals surface area contributed by atoms with Gasteiger partial charge in [-0.2, -0.15) is 0 Å². The molecule has 0 amide bonds. The van der Waals surface area contributed by atoms with Gasteiger partial charge in [-0.05, 0) is 35.9 Å². The van der Waals surface area contributed by atoms with E-state index in [-0.39, 0.29) is 11.0 Å². The van der Waals surface area contributed by atoms with Crippen molar-refractivity contribution in [3.63, 3.8) is 0 Å². The van der Waals surface area contributed by atoms with Crippen molar-refractivity contribution in [2.75, 3.05) is 14.2 Å². The molecule has 8 nitrogen and oxygen atoms in total. The fraction of sp³-hybridized carbons (Fsp3) is 0.217. The van der Waals surface area contributed by atoms with Crippen LogP contribution in [0.3, 0.4) is 0 Å². The van der Waals surface area contributed by atoms with Crippen molar-refractivity contribution >= 4 is 34.4 Å². The van der Waals surface area contributed by atoms with Crippen LogP contribution in [0.25, 0.3) is 22.4 Å². The highest BCUT2D eigenvalue weighted by atomic mass is 35.5. The van der Waals surface area contributed by atoms with Gasteiger partial charge in [-0.15, -0.1) is 11.8 Å². The summed E-state index contributed by atoms with van der Waals surface area (Å²) in [7, 11) is 6.13. The number of aryl methyl sites for hydroxylation is 1. The monoisotopic (exact) mass is 484 g/mol. The first-order valence-electron chi connectivity index (χ1n) is 9.91. The van der Waals surface area contributed by atoms with Gasteiger partial charge in [0.25, 0.3) is 5.56 Å². The van der Waals surface area contributed by atoms with Gasteiger partial charge in [-0.25, -0.2) is 14.8 Å². The topological polar surface area (TPSA) is 88.2 Å². The minimum absolute atomic E-state index is 0.261. The average Bonchev–Trinajstić information content (AvgIpc) is 2.83. The van der Waals surface area contributed by atoms with Gasteiger partial charge in [0.1, 0.15) is 10.4 Å². The molecular weight excluding hydrogens is 464 g/mol. The second kappa shape index (κ2) is 9.29. The van der Waals surface area contributed by atoms with E-state index in [1.807, 2.05) is 18.2 Å². The molecule has 0 saturated carbocycles. The molecule has 2 heterocycles. The van der Waals surface area contributed by atoms with E-state index in [4.69, 9.17) is 26.1 Å². The number of hydrogen-bond acceptors (Lipinski definition) is 7. The van der Waals surface area contributed by atoms with Crippen LogP contribution in [0.5, 0.6) is 11.5 Å². The molecule has 170 valence electrons. The zero-order valence-electron chi connectivity index (χ0n) is 18.5. The third-order valence-corrected chi connectivity index (χ3v) is 6.45. The van der Waals surface area contributed by atoms with Crippen molar-refractivity contribution in [2.45, 2.75) is 10.8 Å². The normalized spacial score (nSPS) is 11.1. The summed E-state index contributed by atoms with van der Waals surface area (Å²) in [5, 5.41) is 1.39. The van der Waals surface area contributed by atoms with Crippen LogP contribution in [0.2, 0.25) is 5.02 Å². The molecular formula is C23H21ClN4O4S. The number of aromatic nitrogens is 4. The molecule has 0 aliphatic rings. The maximum Gasteiger partial charge on any atom is 0.332 e. The molecule has 0 bridgehead atoms. The predicted molar refractivity (Wildman–Crippen MR) is 130 cm³/mol. The number of rotatable bonds is 6. The number of nitrogens with zero attached hydrogens (tertiary/aromatic N) is 4. The second-order valence-corrected chi connectivity index (χ2v) is 8.65. The fourth-order valence-corrected chi connectivity index (χ4v) is 4.59. The zero-order valence-corrected chi connectivity index (χ0v) is 20.0. The van der Waals surface area contributed by atoms with Crippen LogP contribution in [-0.4, -0.2) is 33.3 Å². The van der Waals surface area contributed by atoms with E-state index < -0.39 is 11.2 Å². The summed E-state index contributed by atoms with van der Waals surface area (Å²) in [5.74, 6) is 1.98. The van der Waals surface area contributed by atoms with Crippen molar-refractivity contribution in [3.05, 3.63) is 73.9 Å². The summed E-state index contributed by atoms with van der Waals surface area (Å²) >= 11 is 7.50. The summed E-state index contributed by atoms with van der Waals surface area (Å²) in [6.45, 7) is 0. The van der Waals surface area contributed by atoms with Crippen LogP contribution in [0.4, 0.5) is 0 Å². The number of fused-ring (bicyclic) bond motifs is 1. The summed E-state index contributed by atoms with van der Waals surface area (Å²) < 4.78 is 13.1. The number of benzene rings is 2. The molecule has 2 aromatic carbocycles. The molecule has 0 saturated heterocycles. The predicted octanol–water partition coefficient (Wildman–Crippen LogP) is 3.66. The van der Waals surface area contributed by atoms with Gasteiger partial charge >= 0.3 is 5.69 Å². The summed E-state index contributed by atoms with van der Waals surface area (Å²) in [6, 6.07) is 12.8. The van der Waals surface area contributed by atoms with Gasteiger partial charge in [0.2, 0.25) is 0 Å². The number of methoxy groups -OCH3 is 2. The van der Waals surface area contributed by atoms with Gasteiger partial charge < -0.3 is 9.47 Å². The SMILES string of the molecule is COc1ccc(-c2nc(SCc3cccc(Cl)c3)c3c(=O)n(C)c(=O)n(C)c3n2)cc1OC. The Morgan fingerprint density at radius 1 is 0.970 bits per heavy atom. The highest BCUT2D eigenvalue weighted by Crippen LogP contribution is 2.33. The van der Waals surface area contributed by atoms with E-state index in [1.165, 1.54) is 23.4 Å². The van der Waals surface area contributed by atoms with Crippen molar-refractivity contribution in [1.82, 2.24) is 19.1 Å². The van der Waals surface area contributed by atoms with Crippen LogP contribution >= 0.6 is 23.4 Å². The molecule has 10 heteroatoms. The fourth-order valence-electron chi connectivity index (χ4n) is 3.42. The van der Waals surface area contributed by atoms with Crippen molar-refractivity contribution in [2.24, 2.45) is 14.1 Å². The number of ether oxygens (including phenoxy) is 2. The Morgan fingerprint density at radius 3 is 2.42 bits per heavy atom. The minimum atomic E-state index is -0.463. The van der Waals surface area contributed by atoms with E-state index in [0.29, 0.717) is 38.7 Å². The summed E-state index contributed by atoms with van der Waals surface area (Å²) in [4.78, 5) is 34.9. The largest absolute Gasteiger partial charge is 0.493 e. The minimum Gasteiger partial charge on any atom is -0.493 e. The zero-order chi connectivity index (χ0) is 23.7. The number of hydrogen-bond donors (Lipinski definition) is 0. The Balaban J connectivity index is 1.92. The first-order chi connectivity index (χ1) is 15.8. The van der Waals surface area contributed by atoms with Crippen LogP contribution in [0.1, 0.15) is 5.56 Å². The molecule has 0 aliphatic carbocycles. The lowest BCUT2D eigenvalue weighted by Gasteiger charge is -2.13. The Morgan fingerprint density at radius 2 is 1.73 bits per heavy atom. The molecule has 0 N–H and O–H groups in total. The third-order valence-electron chi connectivity index (χ3n) is 5.17. The Bertz CT molecular complexity index is 1480. The molecule has 0 unspecified atom stereocenters. The summed E-state index contributed by atoms with van der Waals surface area (Å²) in [5.41, 5.74) is 0.994. The summed E-state index contributed by atoms with van der Waals surface area (Å²) in [6.07, 6.45) is 0. The van der Waals surface area contributed by atoms with Crippen LogP contribution < -0.4 is 20.7 Å². The lowest BCUT2D eigenvalue weighted by Crippen LogP contribution is -2.37. The van der Waals surface area contributed by atoms with Crippen LogP contribution in [0, 0.1) is 0 Å². The van der Waals surface area contributed by atoms with Gasteiger partial charge in [-0.3, -0.25) is 13.9 Å².